The van der Waals surface area contributed by atoms with E-state index in [1.165, 1.54) is 0 Å². The minimum atomic E-state index is -0.277. The second-order valence-electron chi connectivity index (χ2n) is 6.11. The zero-order valence-electron chi connectivity index (χ0n) is 14.6. The van der Waals surface area contributed by atoms with Gasteiger partial charge in [0.15, 0.2) is 11.3 Å². The molecule has 1 N–H and O–H groups in total. The van der Waals surface area contributed by atoms with E-state index in [0.717, 1.165) is 27.8 Å². The van der Waals surface area contributed by atoms with Gasteiger partial charge in [-0.1, -0.05) is 41.4 Å². The molecule has 25 heavy (non-hydrogen) atoms. The van der Waals surface area contributed by atoms with Gasteiger partial charge in [0.25, 0.3) is 5.91 Å². The first kappa shape index (κ1) is 17.4. The normalized spacial score (nSPS) is 12.2. The van der Waals surface area contributed by atoms with Crippen LogP contribution in [0, 0.1) is 13.8 Å². The number of halogens is 1. The lowest BCUT2D eigenvalue weighted by Crippen LogP contribution is -2.27. The molecule has 1 unspecified atom stereocenters. The van der Waals surface area contributed by atoms with Gasteiger partial charge in [0, 0.05) is 16.5 Å². The number of nitrogens with one attached hydrogen (secondary N) is 1. The predicted octanol–water partition coefficient (Wildman–Crippen LogP) is 5.20. The lowest BCUT2D eigenvalue weighted by atomic mass is 10.0. The Kier molecular flexibility index (Phi) is 4.73. The molecular formula is C20H20ClNO3. The number of benzene rings is 2. The molecule has 0 aliphatic heterocycles. The van der Waals surface area contributed by atoms with Crippen molar-refractivity contribution < 1.29 is 13.9 Å². The minimum absolute atomic E-state index is 0.231. The van der Waals surface area contributed by atoms with Crippen LogP contribution < -0.4 is 10.1 Å². The van der Waals surface area contributed by atoms with Crippen LogP contribution in [0.3, 0.4) is 0 Å². The number of rotatable bonds is 4. The third-order valence-electron chi connectivity index (χ3n) is 4.32. The molecule has 3 aromatic rings. The fourth-order valence-electron chi connectivity index (χ4n) is 2.96. The molecule has 0 fully saturated rings. The molecule has 2 aromatic carbocycles. The number of carbonyl (C=O) groups is 1. The number of fused-ring (bicyclic) bond motifs is 1. The second kappa shape index (κ2) is 6.81. The summed E-state index contributed by atoms with van der Waals surface area (Å²) >= 11 is 6.16. The number of aryl methyl sites for hydroxylation is 2. The number of hydrogen-bond donors (Lipinski definition) is 1. The molecule has 130 valence electrons. The maximum absolute atomic E-state index is 12.7. The molecule has 1 aromatic heterocycles. The molecule has 1 atom stereocenters. The Morgan fingerprint density at radius 3 is 2.68 bits per heavy atom. The Balaban J connectivity index is 1.91. The smallest absolute Gasteiger partial charge is 0.287 e. The lowest BCUT2D eigenvalue weighted by Gasteiger charge is -2.17. The first-order chi connectivity index (χ1) is 11.9. The molecule has 0 bridgehead atoms. The van der Waals surface area contributed by atoms with Crippen LogP contribution >= 0.6 is 11.6 Å². The molecule has 1 amide bonds. The van der Waals surface area contributed by atoms with E-state index in [0.29, 0.717) is 10.6 Å². The summed E-state index contributed by atoms with van der Waals surface area (Å²) in [6.07, 6.45) is 0. The van der Waals surface area contributed by atoms with Crippen molar-refractivity contribution in [3.05, 3.63) is 63.9 Å². The summed E-state index contributed by atoms with van der Waals surface area (Å²) in [6.45, 7) is 5.78. The van der Waals surface area contributed by atoms with Crippen LogP contribution in [0.4, 0.5) is 0 Å². The highest BCUT2D eigenvalue weighted by molar-refractivity contribution is 6.35. The van der Waals surface area contributed by atoms with Gasteiger partial charge in [0.1, 0.15) is 5.75 Å². The predicted molar refractivity (Wildman–Crippen MR) is 99.6 cm³/mol. The molecule has 4 nitrogen and oxygen atoms in total. The molecule has 1 heterocycles. The van der Waals surface area contributed by atoms with Crippen LogP contribution in [0.1, 0.15) is 40.2 Å². The Morgan fingerprint density at radius 2 is 2.00 bits per heavy atom. The largest absolute Gasteiger partial charge is 0.496 e. The maximum atomic E-state index is 12.7. The van der Waals surface area contributed by atoms with Crippen LogP contribution in [0.2, 0.25) is 5.02 Å². The van der Waals surface area contributed by atoms with Crippen LogP contribution in [-0.4, -0.2) is 13.0 Å². The van der Waals surface area contributed by atoms with E-state index in [-0.39, 0.29) is 17.7 Å². The van der Waals surface area contributed by atoms with E-state index < -0.39 is 0 Å². The molecule has 0 aliphatic carbocycles. The van der Waals surface area contributed by atoms with Crippen molar-refractivity contribution in [3.8, 4) is 5.75 Å². The van der Waals surface area contributed by atoms with Crippen molar-refractivity contribution in [2.75, 3.05) is 7.11 Å². The quantitative estimate of drug-likeness (QED) is 0.698. The van der Waals surface area contributed by atoms with Crippen molar-refractivity contribution in [1.82, 2.24) is 5.32 Å². The number of para-hydroxylation sites is 1. The molecule has 3 rings (SSSR count). The summed E-state index contributed by atoms with van der Waals surface area (Å²) in [5, 5.41) is 4.32. The Morgan fingerprint density at radius 1 is 1.24 bits per heavy atom. The van der Waals surface area contributed by atoms with Gasteiger partial charge >= 0.3 is 0 Å². The maximum Gasteiger partial charge on any atom is 0.287 e. The topological polar surface area (TPSA) is 51.5 Å². The Hall–Kier alpha value is -2.46. The van der Waals surface area contributed by atoms with Crippen LogP contribution in [-0.2, 0) is 0 Å². The van der Waals surface area contributed by atoms with E-state index in [1.807, 2.05) is 51.1 Å². The first-order valence-electron chi connectivity index (χ1n) is 8.05. The van der Waals surface area contributed by atoms with Crippen molar-refractivity contribution in [1.29, 1.82) is 0 Å². The second-order valence-corrected chi connectivity index (χ2v) is 6.52. The molecular weight excluding hydrogens is 338 g/mol. The summed E-state index contributed by atoms with van der Waals surface area (Å²) in [7, 11) is 1.62. The van der Waals surface area contributed by atoms with Crippen LogP contribution in [0.15, 0.2) is 40.8 Å². The molecule has 0 saturated heterocycles. The summed E-state index contributed by atoms with van der Waals surface area (Å²) in [6, 6.07) is 11.1. The van der Waals surface area contributed by atoms with Crippen LogP contribution in [0.25, 0.3) is 11.0 Å². The SMILES string of the molecule is COc1ccc(C)cc1C(C)NC(=O)c1oc2c(Cl)cccc2c1C. The van der Waals surface area contributed by atoms with Gasteiger partial charge in [-0.25, -0.2) is 0 Å². The average Bonchev–Trinajstić information content (AvgIpc) is 2.93. The zero-order valence-corrected chi connectivity index (χ0v) is 15.4. The third kappa shape index (κ3) is 3.22. The Labute approximate surface area is 151 Å². The molecule has 0 aliphatic rings. The average molecular weight is 358 g/mol. The molecule has 5 heteroatoms. The highest BCUT2D eigenvalue weighted by Gasteiger charge is 2.22. The highest BCUT2D eigenvalue weighted by Crippen LogP contribution is 2.31. The third-order valence-corrected chi connectivity index (χ3v) is 4.62. The number of ether oxygens (including phenoxy) is 1. The van der Waals surface area contributed by atoms with Gasteiger partial charge in [0.05, 0.1) is 18.2 Å². The number of amides is 1. The molecule has 0 spiro atoms. The first-order valence-corrected chi connectivity index (χ1v) is 8.43. The van der Waals surface area contributed by atoms with Crippen molar-refractivity contribution in [2.45, 2.75) is 26.8 Å². The molecule has 0 saturated carbocycles. The number of methoxy groups -OCH3 is 1. The number of furan rings is 1. The summed E-state index contributed by atoms with van der Waals surface area (Å²) in [4.78, 5) is 12.7. The number of hydrogen-bond acceptors (Lipinski definition) is 3. The van der Waals surface area contributed by atoms with Gasteiger partial charge in [0.2, 0.25) is 0 Å². The van der Waals surface area contributed by atoms with E-state index in [4.69, 9.17) is 20.8 Å². The monoisotopic (exact) mass is 357 g/mol. The van der Waals surface area contributed by atoms with E-state index in [9.17, 15) is 4.79 Å². The highest BCUT2D eigenvalue weighted by atomic mass is 35.5. The van der Waals surface area contributed by atoms with Crippen molar-refractivity contribution in [3.63, 3.8) is 0 Å². The van der Waals surface area contributed by atoms with E-state index in [1.54, 1.807) is 13.2 Å². The fourth-order valence-corrected chi connectivity index (χ4v) is 3.17. The van der Waals surface area contributed by atoms with Crippen LogP contribution in [0.5, 0.6) is 5.75 Å². The summed E-state index contributed by atoms with van der Waals surface area (Å²) in [5.74, 6) is 0.741. The van der Waals surface area contributed by atoms with Gasteiger partial charge in [-0.3, -0.25) is 4.79 Å². The van der Waals surface area contributed by atoms with Gasteiger partial charge in [-0.05, 0) is 32.9 Å². The zero-order chi connectivity index (χ0) is 18.1. The van der Waals surface area contributed by atoms with E-state index in [2.05, 4.69) is 5.32 Å². The lowest BCUT2D eigenvalue weighted by molar-refractivity contribution is 0.0913. The number of carbonyl (C=O) groups excluding carboxylic acids is 1. The van der Waals surface area contributed by atoms with Crippen molar-refractivity contribution in [2.24, 2.45) is 0 Å². The van der Waals surface area contributed by atoms with Gasteiger partial charge < -0.3 is 14.5 Å². The fraction of sp³-hybridized carbons (Fsp3) is 0.250. The van der Waals surface area contributed by atoms with Gasteiger partial charge in [-0.2, -0.15) is 0 Å². The molecule has 0 radical (unpaired) electrons. The standard InChI is InChI=1S/C20H20ClNO3/c1-11-8-9-17(24-4)15(10-11)13(3)22-20(23)18-12(2)14-6-5-7-16(21)19(14)25-18/h5-10,13H,1-4H3,(H,22,23). The minimum Gasteiger partial charge on any atom is -0.496 e. The summed E-state index contributed by atoms with van der Waals surface area (Å²) in [5.41, 5.74) is 3.33. The van der Waals surface area contributed by atoms with E-state index >= 15 is 0 Å². The Bertz CT molecular complexity index is 946. The van der Waals surface area contributed by atoms with Gasteiger partial charge in [-0.15, -0.1) is 0 Å². The summed E-state index contributed by atoms with van der Waals surface area (Å²) < 4.78 is 11.1. The van der Waals surface area contributed by atoms with Crippen molar-refractivity contribution >= 4 is 28.5 Å².